The number of nitrogens with zero attached hydrogens (tertiary/aromatic N) is 1. The third kappa shape index (κ3) is 6.49. The first-order valence-corrected chi connectivity index (χ1v) is 12.2. The average molecular weight is 651 g/mol. The van der Waals surface area contributed by atoms with E-state index in [9.17, 15) is 10.2 Å². The second-order valence-corrected chi connectivity index (χ2v) is 12.0. The van der Waals surface area contributed by atoms with Gasteiger partial charge in [-0.15, -0.1) is 29.3 Å². The van der Waals surface area contributed by atoms with Gasteiger partial charge >= 0.3 is 0 Å². The normalized spacial score (nSPS) is 15.6. The van der Waals surface area contributed by atoms with E-state index < -0.39 is 12.2 Å². The van der Waals surface area contributed by atoms with Crippen molar-refractivity contribution in [3.8, 4) is 22.4 Å². The predicted octanol–water partition coefficient (Wildman–Crippen LogP) is 7.04. The van der Waals surface area contributed by atoms with Gasteiger partial charge in [0.05, 0.1) is 12.2 Å². The molecule has 4 rings (SSSR count). The molecule has 2 unspecified atom stereocenters. The topological polar surface area (TPSA) is 53.4 Å². The van der Waals surface area contributed by atoms with E-state index in [1.54, 1.807) is 0 Å². The first kappa shape index (κ1) is 29.4. The van der Waals surface area contributed by atoms with Crippen molar-refractivity contribution in [2.45, 2.75) is 79.4 Å². The first-order chi connectivity index (χ1) is 15.7. The molecule has 3 aromatic rings. The number of aliphatic hydroxyl groups excluding tert-OH is 2. The Morgan fingerprint density at radius 3 is 1.94 bits per heavy atom. The average Bonchev–Trinajstić information content (AvgIpc) is 3.01. The fourth-order valence-electron chi connectivity index (χ4n) is 4.40. The number of hydrogen-bond acceptors (Lipinski definition) is 3. The third-order valence-electron chi connectivity index (χ3n) is 6.88. The van der Waals surface area contributed by atoms with E-state index in [0.717, 1.165) is 11.3 Å². The van der Waals surface area contributed by atoms with Crippen molar-refractivity contribution < 1.29 is 30.3 Å². The Bertz CT molecular complexity index is 1090. The molecule has 1 aromatic heterocycles. The van der Waals surface area contributed by atoms with Crippen LogP contribution in [0, 0.1) is 16.9 Å². The van der Waals surface area contributed by atoms with Gasteiger partial charge in [0.2, 0.25) is 0 Å². The van der Waals surface area contributed by atoms with Gasteiger partial charge in [0, 0.05) is 32.7 Å². The van der Waals surface area contributed by atoms with Crippen LogP contribution < -0.4 is 0 Å². The number of aliphatic hydroxyl groups is 2. The maximum atomic E-state index is 9.76. The zero-order chi connectivity index (χ0) is 25.3. The van der Waals surface area contributed by atoms with Gasteiger partial charge in [-0.25, -0.2) is 0 Å². The largest absolute Gasteiger partial charge is 0.392 e. The molecular formula is C31H40IrNO2-. The molecule has 0 bridgehead atoms. The molecule has 3 nitrogen and oxygen atoms in total. The Morgan fingerprint density at radius 2 is 1.40 bits per heavy atom. The van der Waals surface area contributed by atoms with Crippen molar-refractivity contribution in [2.75, 3.05) is 0 Å². The summed E-state index contributed by atoms with van der Waals surface area (Å²) < 4.78 is 0. The Hall–Kier alpha value is -1.84. The summed E-state index contributed by atoms with van der Waals surface area (Å²) in [6, 6.07) is 22.3. The molecule has 0 fully saturated rings. The molecule has 0 spiro atoms. The number of hydrogen-bond donors (Lipinski definition) is 2. The van der Waals surface area contributed by atoms with Crippen molar-refractivity contribution in [2.24, 2.45) is 10.8 Å². The summed E-state index contributed by atoms with van der Waals surface area (Å²) in [6.45, 7) is 16.5. The second-order valence-electron chi connectivity index (χ2n) is 12.0. The minimum atomic E-state index is -0.443. The molecule has 4 heteroatoms. The monoisotopic (exact) mass is 651 g/mol. The molecule has 2 N–H and O–H groups in total. The minimum absolute atomic E-state index is 0. The van der Waals surface area contributed by atoms with Crippen LogP contribution in [0.15, 0.2) is 60.8 Å². The fraction of sp³-hybridized carbons (Fsp3) is 0.452. The standard InChI is InChI=1S/C20H16N.C11H24O2.Ir/c1-20(2)17-11-4-3-8-14(17)15-9-7-10-16(19(15)20)18-12-5-6-13-21-18;1-10(2,3)8(12)7-9(13)11(4,5)6;/h3-9,11-13H,1-2H3;8-9,12-13H,7H2,1-6H3;/q-1;;. The first-order valence-electron chi connectivity index (χ1n) is 12.2. The number of pyridine rings is 1. The third-order valence-corrected chi connectivity index (χ3v) is 6.88. The molecule has 0 aliphatic heterocycles. The number of rotatable bonds is 3. The second kappa shape index (κ2) is 11.0. The fourth-order valence-corrected chi connectivity index (χ4v) is 4.40. The SMILES string of the molecule is CC(C)(C)C(O)CC(O)C(C)(C)C.CC1(C)c2ccccc2-c2cc[c-]c(-c3ccccn3)c21.[Ir]. The molecule has 0 amide bonds. The summed E-state index contributed by atoms with van der Waals surface area (Å²) in [5, 5.41) is 19.5. The van der Waals surface area contributed by atoms with E-state index in [0.29, 0.717) is 6.42 Å². The maximum Gasteiger partial charge on any atom is 0.0613 e. The van der Waals surface area contributed by atoms with E-state index >= 15 is 0 Å². The molecule has 1 aliphatic rings. The Balaban J connectivity index is 0.000000271. The van der Waals surface area contributed by atoms with Crippen LogP contribution in [0.3, 0.4) is 0 Å². The maximum absolute atomic E-state index is 9.76. The Kier molecular flexibility index (Phi) is 9.28. The molecule has 1 heterocycles. The van der Waals surface area contributed by atoms with Crippen molar-refractivity contribution in [1.82, 2.24) is 4.98 Å². The van der Waals surface area contributed by atoms with Crippen molar-refractivity contribution in [3.63, 3.8) is 0 Å². The van der Waals surface area contributed by atoms with Crippen molar-refractivity contribution >= 4 is 0 Å². The zero-order valence-corrected chi connectivity index (χ0v) is 24.7. The van der Waals surface area contributed by atoms with E-state index in [-0.39, 0.29) is 36.4 Å². The summed E-state index contributed by atoms with van der Waals surface area (Å²) in [4.78, 5) is 4.52. The molecule has 1 radical (unpaired) electrons. The summed E-state index contributed by atoms with van der Waals surface area (Å²) in [7, 11) is 0. The minimum Gasteiger partial charge on any atom is -0.392 e. The van der Waals surface area contributed by atoms with Crippen molar-refractivity contribution in [3.05, 3.63) is 78.0 Å². The molecule has 2 aromatic carbocycles. The van der Waals surface area contributed by atoms with Gasteiger partial charge in [-0.2, -0.15) is 0 Å². The smallest absolute Gasteiger partial charge is 0.0613 e. The Morgan fingerprint density at radius 1 is 0.829 bits per heavy atom. The van der Waals surface area contributed by atoms with Gasteiger partial charge < -0.3 is 15.2 Å². The molecule has 1 aliphatic carbocycles. The Labute approximate surface area is 225 Å². The molecule has 0 saturated carbocycles. The van der Waals surface area contributed by atoms with Gasteiger partial charge in [0.1, 0.15) is 0 Å². The molecular weight excluding hydrogens is 611 g/mol. The quantitative estimate of drug-likeness (QED) is 0.299. The van der Waals surface area contributed by atoms with Crippen LogP contribution in [-0.2, 0) is 25.5 Å². The van der Waals surface area contributed by atoms with E-state index in [2.05, 4.69) is 61.3 Å². The van der Waals surface area contributed by atoms with Gasteiger partial charge in [-0.05, 0) is 39.1 Å². The molecule has 0 saturated heterocycles. The van der Waals surface area contributed by atoms with Gasteiger partial charge in [0.15, 0.2) is 0 Å². The van der Waals surface area contributed by atoms with Crippen LogP contribution >= 0.6 is 0 Å². The van der Waals surface area contributed by atoms with Gasteiger partial charge in [-0.1, -0.05) is 97.4 Å². The number of benzene rings is 2. The van der Waals surface area contributed by atoms with Crippen LogP contribution in [0.2, 0.25) is 0 Å². The van der Waals surface area contributed by atoms with Crippen molar-refractivity contribution in [1.29, 1.82) is 0 Å². The number of fused-ring (bicyclic) bond motifs is 3. The molecule has 2 atom stereocenters. The van der Waals surface area contributed by atoms with E-state index in [1.807, 2.05) is 65.9 Å². The van der Waals surface area contributed by atoms with E-state index in [4.69, 9.17) is 0 Å². The van der Waals surface area contributed by atoms with Crippen LogP contribution in [0.1, 0.15) is 72.9 Å². The summed E-state index contributed by atoms with van der Waals surface area (Å²) >= 11 is 0. The summed E-state index contributed by atoms with van der Waals surface area (Å²) in [6.07, 6.45) is 1.41. The van der Waals surface area contributed by atoms with Crippen LogP contribution in [0.4, 0.5) is 0 Å². The van der Waals surface area contributed by atoms with Crippen LogP contribution in [-0.4, -0.2) is 27.4 Å². The molecule has 35 heavy (non-hydrogen) atoms. The zero-order valence-electron chi connectivity index (χ0n) is 22.3. The van der Waals surface area contributed by atoms with Crippen LogP contribution in [0.25, 0.3) is 22.4 Å². The van der Waals surface area contributed by atoms with E-state index in [1.165, 1.54) is 22.3 Å². The summed E-state index contributed by atoms with van der Waals surface area (Å²) in [5.41, 5.74) is 7.18. The van der Waals surface area contributed by atoms with Gasteiger partial charge in [0.25, 0.3) is 0 Å². The number of aromatic nitrogens is 1. The van der Waals surface area contributed by atoms with Gasteiger partial charge in [-0.3, -0.25) is 0 Å². The van der Waals surface area contributed by atoms with Crippen LogP contribution in [0.5, 0.6) is 0 Å². The summed E-state index contributed by atoms with van der Waals surface area (Å²) in [5.74, 6) is 0. The molecule has 191 valence electrons. The predicted molar refractivity (Wildman–Crippen MR) is 142 cm³/mol.